The lowest BCUT2D eigenvalue weighted by atomic mass is 9.92. The van der Waals surface area contributed by atoms with Crippen LogP contribution in [0.2, 0.25) is 5.02 Å². The molecule has 0 bridgehead atoms. The van der Waals surface area contributed by atoms with E-state index in [1.54, 1.807) is 18.2 Å². The molecule has 1 aliphatic rings. The molecule has 0 saturated carbocycles. The van der Waals surface area contributed by atoms with Crippen molar-refractivity contribution in [2.45, 2.75) is 12.8 Å². The summed E-state index contributed by atoms with van der Waals surface area (Å²) in [6, 6.07) is 13.0. The molecule has 0 saturated heterocycles. The first-order valence-electron chi connectivity index (χ1n) is 9.04. The van der Waals surface area contributed by atoms with Crippen molar-refractivity contribution in [3.63, 3.8) is 0 Å². The van der Waals surface area contributed by atoms with E-state index in [2.05, 4.69) is 18.2 Å². The highest BCUT2D eigenvalue weighted by Gasteiger charge is 2.11. The first kappa shape index (κ1) is 20.1. The minimum absolute atomic E-state index is 0.146. The molecule has 0 spiro atoms. The Morgan fingerprint density at radius 1 is 1.10 bits per heavy atom. The van der Waals surface area contributed by atoms with E-state index in [-0.39, 0.29) is 11.6 Å². The second kappa shape index (κ2) is 9.55. The number of halogens is 1. The number of hydrogen-bond donors (Lipinski definition) is 0. The van der Waals surface area contributed by atoms with Crippen molar-refractivity contribution in [2.75, 3.05) is 6.61 Å². The summed E-state index contributed by atoms with van der Waals surface area (Å²) in [7, 11) is 0. The van der Waals surface area contributed by atoms with Crippen LogP contribution >= 0.6 is 11.6 Å². The van der Waals surface area contributed by atoms with Crippen molar-refractivity contribution in [2.24, 2.45) is 0 Å². The number of carbonyl (C=O) groups excluding carboxylic acids is 1. The van der Waals surface area contributed by atoms with Crippen LogP contribution in [-0.4, -0.2) is 12.9 Å². The predicted octanol–water partition coefficient (Wildman–Crippen LogP) is 5.83. The number of ether oxygens (including phenoxy) is 1. The third kappa shape index (κ3) is 4.63. The first-order chi connectivity index (χ1) is 14.2. The van der Waals surface area contributed by atoms with E-state index in [1.165, 1.54) is 6.07 Å². The van der Waals surface area contributed by atoms with Gasteiger partial charge in [-0.05, 0) is 47.2 Å². The smallest absolute Gasteiger partial charge is 0.174 e. The third-order valence-corrected chi connectivity index (χ3v) is 4.81. The van der Waals surface area contributed by atoms with Gasteiger partial charge in [-0.3, -0.25) is 4.79 Å². The Labute approximate surface area is 174 Å². The Hall–Kier alpha value is -3.60. The van der Waals surface area contributed by atoms with Crippen LogP contribution in [-0.2, 0) is 0 Å². The second-order valence-corrected chi connectivity index (χ2v) is 6.74. The predicted molar refractivity (Wildman–Crippen MR) is 114 cm³/mol. The number of carbonyl (C=O) groups is 1. The Balaban J connectivity index is 2.01. The number of allylic oxidation sites excluding steroid dienone is 4. The summed E-state index contributed by atoms with van der Waals surface area (Å²) in [5.74, 6) is 0.324. The van der Waals surface area contributed by atoms with Crippen LogP contribution in [0, 0.1) is 22.7 Å². The monoisotopic (exact) mass is 400 g/mol. The van der Waals surface area contributed by atoms with Crippen molar-refractivity contribution in [1.29, 1.82) is 10.5 Å². The lowest BCUT2D eigenvalue weighted by Gasteiger charge is -2.11. The summed E-state index contributed by atoms with van der Waals surface area (Å²) in [6.07, 6.45) is 12.5. The average Bonchev–Trinajstić information content (AvgIpc) is 2.77. The van der Waals surface area contributed by atoms with E-state index >= 15 is 0 Å². The van der Waals surface area contributed by atoms with E-state index < -0.39 is 0 Å². The molecule has 142 valence electrons. The summed E-state index contributed by atoms with van der Waals surface area (Å²) in [5, 5.41) is 18.7. The number of aldehydes is 1. The normalized spacial score (nSPS) is 12.9. The van der Waals surface area contributed by atoms with Crippen molar-refractivity contribution in [3.05, 3.63) is 81.4 Å². The molecule has 0 unspecified atom stereocenters. The van der Waals surface area contributed by atoms with Gasteiger partial charge in [0.05, 0.1) is 10.6 Å². The Bertz CT molecular complexity index is 1110. The maximum Gasteiger partial charge on any atom is 0.174 e. The zero-order valence-corrected chi connectivity index (χ0v) is 16.3. The van der Waals surface area contributed by atoms with Gasteiger partial charge in [0.1, 0.15) is 17.9 Å². The Kier molecular flexibility index (Phi) is 6.63. The number of benzene rings is 2. The van der Waals surface area contributed by atoms with Crippen molar-refractivity contribution in [3.8, 4) is 17.9 Å². The molecule has 0 aromatic heterocycles. The van der Waals surface area contributed by atoms with Crippen LogP contribution in [0.4, 0.5) is 0 Å². The summed E-state index contributed by atoms with van der Waals surface area (Å²) in [4.78, 5) is 11.4. The van der Waals surface area contributed by atoms with Crippen LogP contribution in [0.1, 0.15) is 45.5 Å². The third-order valence-electron chi connectivity index (χ3n) is 4.51. The van der Waals surface area contributed by atoms with Gasteiger partial charge in [-0.25, -0.2) is 0 Å². The molecule has 1 aliphatic carbocycles. The maximum absolute atomic E-state index is 11.4. The Morgan fingerprint density at radius 3 is 2.62 bits per heavy atom. The lowest BCUT2D eigenvalue weighted by Crippen LogP contribution is -1.97. The van der Waals surface area contributed by atoms with E-state index in [0.29, 0.717) is 28.7 Å². The van der Waals surface area contributed by atoms with Crippen molar-refractivity contribution >= 4 is 35.6 Å². The molecule has 2 aromatic rings. The molecule has 29 heavy (non-hydrogen) atoms. The van der Waals surface area contributed by atoms with Crippen molar-refractivity contribution < 1.29 is 9.53 Å². The fourth-order valence-electron chi connectivity index (χ4n) is 3.12. The average molecular weight is 401 g/mol. The molecule has 0 atom stereocenters. The van der Waals surface area contributed by atoms with Crippen LogP contribution < -0.4 is 4.74 Å². The van der Waals surface area contributed by atoms with Gasteiger partial charge in [-0.15, -0.1) is 0 Å². The van der Waals surface area contributed by atoms with Crippen LogP contribution in [0.5, 0.6) is 5.75 Å². The second-order valence-electron chi connectivity index (χ2n) is 6.33. The molecular formula is C24H17ClN2O2. The molecule has 4 nitrogen and oxygen atoms in total. The van der Waals surface area contributed by atoms with E-state index in [0.717, 1.165) is 29.5 Å². The molecule has 2 aromatic carbocycles. The zero-order chi connectivity index (χ0) is 20.6. The molecule has 0 fully saturated rings. The summed E-state index contributed by atoms with van der Waals surface area (Å²) in [6.45, 7) is -0.146. The van der Waals surface area contributed by atoms with Gasteiger partial charge in [-0.1, -0.05) is 60.2 Å². The maximum atomic E-state index is 11.4. The van der Waals surface area contributed by atoms with Gasteiger partial charge in [0.15, 0.2) is 12.9 Å². The molecule has 3 rings (SSSR count). The summed E-state index contributed by atoms with van der Waals surface area (Å²) in [5.41, 5.74) is 4.22. The first-order valence-corrected chi connectivity index (χ1v) is 9.42. The van der Waals surface area contributed by atoms with Gasteiger partial charge in [0, 0.05) is 5.56 Å². The van der Waals surface area contributed by atoms with Crippen LogP contribution in [0.25, 0.3) is 17.7 Å². The van der Waals surface area contributed by atoms with Gasteiger partial charge in [0.25, 0.3) is 0 Å². The highest BCUT2D eigenvalue weighted by molar-refractivity contribution is 6.32. The van der Waals surface area contributed by atoms with E-state index in [4.69, 9.17) is 21.6 Å². The highest BCUT2D eigenvalue weighted by Crippen LogP contribution is 2.30. The molecular weight excluding hydrogens is 384 g/mol. The number of nitriles is 2. The molecule has 0 radical (unpaired) electrons. The minimum atomic E-state index is -0.146. The SMILES string of the molecule is N#CCOc1cc(/C=C/c2cccc(C3=CCCC=C3)c2C#N)c(C=O)cc1Cl. The van der Waals surface area contributed by atoms with Gasteiger partial charge in [0.2, 0.25) is 0 Å². The molecule has 5 heteroatoms. The van der Waals surface area contributed by atoms with Gasteiger partial charge in [-0.2, -0.15) is 10.5 Å². The largest absolute Gasteiger partial charge is 0.477 e. The minimum Gasteiger partial charge on any atom is -0.477 e. The standard InChI is InChI=1S/C24H17ClN2O2/c25-23-13-20(16-28)19(14-24(23)29-12-11-26)10-9-18-7-4-8-21(22(18)15-27)17-5-2-1-3-6-17/h2,4-10,13-14,16H,1,3,12H2/b10-9+. The van der Waals surface area contributed by atoms with E-state index in [1.807, 2.05) is 30.3 Å². The molecule has 0 N–H and O–H groups in total. The zero-order valence-electron chi connectivity index (χ0n) is 15.6. The lowest BCUT2D eigenvalue weighted by molar-refractivity contribution is 0.112. The molecule has 0 amide bonds. The fraction of sp³-hybridized carbons (Fsp3) is 0.125. The van der Waals surface area contributed by atoms with E-state index in [9.17, 15) is 10.1 Å². The van der Waals surface area contributed by atoms with Crippen LogP contribution in [0.3, 0.4) is 0 Å². The Morgan fingerprint density at radius 2 is 1.93 bits per heavy atom. The van der Waals surface area contributed by atoms with Crippen molar-refractivity contribution in [1.82, 2.24) is 0 Å². The summed E-state index contributed by atoms with van der Waals surface area (Å²) < 4.78 is 5.31. The fourth-order valence-corrected chi connectivity index (χ4v) is 3.35. The quantitative estimate of drug-likeness (QED) is 0.451. The summed E-state index contributed by atoms with van der Waals surface area (Å²) >= 11 is 6.11. The number of nitrogens with zero attached hydrogens (tertiary/aromatic N) is 2. The van der Waals surface area contributed by atoms with Gasteiger partial charge >= 0.3 is 0 Å². The number of rotatable bonds is 6. The molecule has 0 aliphatic heterocycles. The van der Waals surface area contributed by atoms with Crippen LogP contribution in [0.15, 0.2) is 48.6 Å². The molecule has 0 heterocycles. The highest BCUT2D eigenvalue weighted by atomic mass is 35.5. The topological polar surface area (TPSA) is 73.9 Å². The van der Waals surface area contributed by atoms with Gasteiger partial charge < -0.3 is 4.74 Å². The number of hydrogen-bond acceptors (Lipinski definition) is 4.